The van der Waals surface area contributed by atoms with Gasteiger partial charge in [0.2, 0.25) is 0 Å². The van der Waals surface area contributed by atoms with Crippen LogP contribution in [0.5, 0.6) is 0 Å². The number of H-pyrrole nitrogens is 1. The van der Waals surface area contributed by atoms with Crippen LogP contribution in [-0.2, 0) is 0 Å². The third-order valence-corrected chi connectivity index (χ3v) is 1.88. The van der Waals surface area contributed by atoms with Gasteiger partial charge in [0.25, 0.3) is 0 Å². The molecule has 0 aliphatic carbocycles. The Labute approximate surface area is 78.6 Å². The van der Waals surface area contributed by atoms with E-state index in [4.69, 9.17) is 5.53 Å². The van der Waals surface area contributed by atoms with Crippen LogP contribution in [0.2, 0.25) is 0 Å². The van der Waals surface area contributed by atoms with E-state index in [1.54, 1.807) is 24.3 Å². The predicted octanol–water partition coefficient (Wildman–Crippen LogP) is 2.47. The second kappa shape index (κ2) is 3.24. The first-order valence-electron chi connectivity index (χ1n) is 3.98. The molecule has 0 aliphatic heterocycles. The second-order valence-corrected chi connectivity index (χ2v) is 2.75. The van der Waals surface area contributed by atoms with Gasteiger partial charge in [0.1, 0.15) is 5.82 Å². The van der Waals surface area contributed by atoms with E-state index in [0.717, 1.165) is 0 Å². The molecule has 2 rings (SSSR count). The first-order chi connectivity index (χ1) is 6.81. The SMILES string of the molecule is [N-]=[N+]=Nc1cc(=O)c2ccccc2[nH]1. The zero-order valence-corrected chi connectivity index (χ0v) is 7.14. The van der Waals surface area contributed by atoms with E-state index in [1.165, 1.54) is 6.07 Å². The third kappa shape index (κ3) is 1.32. The Morgan fingerprint density at radius 1 is 1.36 bits per heavy atom. The van der Waals surface area contributed by atoms with Crippen molar-refractivity contribution in [2.45, 2.75) is 0 Å². The van der Waals surface area contributed by atoms with Gasteiger partial charge in [-0.25, -0.2) is 0 Å². The lowest BCUT2D eigenvalue weighted by atomic mass is 10.2. The van der Waals surface area contributed by atoms with Crippen LogP contribution in [-0.4, -0.2) is 4.98 Å². The number of azide groups is 1. The molecule has 0 atom stereocenters. The lowest BCUT2D eigenvalue weighted by molar-refractivity contribution is 1.30. The summed E-state index contributed by atoms with van der Waals surface area (Å²) in [7, 11) is 0. The molecule has 68 valence electrons. The molecule has 0 spiro atoms. The smallest absolute Gasteiger partial charge is 0.189 e. The van der Waals surface area contributed by atoms with Crippen LogP contribution < -0.4 is 5.43 Å². The summed E-state index contributed by atoms with van der Waals surface area (Å²) in [6, 6.07) is 8.34. The highest BCUT2D eigenvalue weighted by Gasteiger charge is 1.98. The van der Waals surface area contributed by atoms with Crippen LogP contribution in [0, 0.1) is 0 Å². The molecule has 1 N–H and O–H groups in total. The first kappa shape index (κ1) is 8.34. The summed E-state index contributed by atoms with van der Waals surface area (Å²) in [6.07, 6.45) is 0. The highest BCUT2D eigenvalue weighted by Crippen LogP contribution is 2.11. The minimum Gasteiger partial charge on any atom is -0.353 e. The van der Waals surface area contributed by atoms with Gasteiger partial charge in [-0.3, -0.25) is 4.79 Å². The van der Waals surface area contributed by atoms with Gasteiger partial charge in [-0.2, -0.15) is 0 Å². The number of para-hydroxylation sites is 1. The van der Waals surface area contributed by atoms with Gasteiger partial charge in [0.05, 0.1) is 0 Å². The van der Waals surface area contributed by atoms with Crippen molar-refractivity contribution in [1.29, 1.82) is 0 Å². The lowest BCUT2D eigenvalue weighted by Crippen LogP contribution is -1.99. The van der Waals surface area contributed by atoms with Crippen LogP contribution in [0.15, 0.2) is 40.2 Å². The Hall–Kier alpha value is -2.26. The van der Waals surface area contributed by atoms with Gasteiger partial charge >= 0.3 is 0 Å². The topological polar surface area (TPSA) is 81.6 Å². The van der Waals surface area contributed by atoms with Gasteiger partial charge in [-0.15, -0.1) is 0 Å². The van der Waals surface area contributed by atoms with Gasteiger partial charge < -0.3 is 4.98 Å². The van der Waals surface area contributed by atoms with Crippen molar-refractivity contribution >= 4 is 16.7 Å². The van der Waals surface area contributed by atoms with E-state index in [0.29, 0.717) is 10.9 Å². The van der Waals surface area contributed by atoms with E-state index in [-0.39, 0.29) is 11.2 Å². The molecule has 0 fully saturated rings. The van der Waals surface area contributed by atoms with E-state index >= 15 is 0 Å². The van der Waals surface area contributed by atoms with Crippen LogP contribution in [0.3, 0.4) is 0 Å². The lowest BCUT2D eigenvalue weighted by Gasteiger charge is -1.97. The monoisotopic (exact) mass is 186 g/mol. The minimum atomic E-state index is -0.151. The average molecular weight is 186 g/mol. The summed E-state index contributed by atoms with van der Waals surface area (Å²) in [5.41, 5.74) is 8.74. The molecule has 0 bridgehead atoms. The van der Waals surface area contributed by atoms with Crippen LogP contribution in [0.1, 0.15) is 0 Å². The summed E-state index contributed by atoms with van der Waals surface area (Å²) < 4.78 is 0. The Bertz CT molecular complexity index is 581. The summed E-state index contributed by atoms with van der Waals surface area (Å²) >= 11 is 0. The molecule has 5 heteroatoms. The van der Waals surface area contributed by atoms with Crippen molar-refractivity contribution in [3.05, 3.63) is 51.0 Å². The van der Waals surface area contributed by atoms with Gasteiger partial charge in [-0.05, 0) is 22.8 Å². The molecule has 1 aromatic heterocycles. The number of hydrogen-bond donors (Lipinski definition) is 1. The highest BCUT2D eigenvalue weighted by atomic mass is 16.1. The Balaban J connectivity index is 2.85. The molecular weight excluding hydrogens is 180 g/mol. The van der Waals surface area contributed by atoms with Crippen molar-refractivity contribution in [2.24, 2.45) is 5.11 Å². The number of fused-ring (bicyclic) bond motifs is 1. The zero-order valence-electron chi connectivity index (χ0n) is 7.14. The molecule has 0 radical (unpaired) electrons. The molecule has 0 amide bonds. The van der Waals surface area contributed by atoms with Crippen molar-refractivity contribution in [3.63, 3.8) is 0 Å². The first-order valence-corrected chi connectivity index (χ1v) is 3.98. The fraction of sp³-hybridized carbons (Fsp3) is 0. The van der Waals surface area contributed by atoms with Gasteiger partial charge in [-0.1, -0.05) is 12.1 Å². The number of nitrogens with zero attached hydrogens (tertiary/aromatic N) is 3. The Morgan fingerprint density at radius 3 is 2.93 bits per heavy atom. The van der Waals surface area contributed by atoms with Crippen LogP contribution in [0.4, 0.5) is 5.82 Å². The minimum absolute atomic E-state index is 0.151. The maximum atomic E-state index is 11.5. The number of hydrogen-bond acceptors (Lipinski definition) is 2. The Morgan fingerprint density at radius 2 is 2.14 bits per heavy atom. The fourth-order valence-electron chi connectivity index (χ4n) is 1.29. The molecule has 0 aliphatic rings. The summed E-state index contributed by atoms with van der Waals surface area (Å²) in [6.45, 7) is 0. The molecule has 5 nitrogen and oxygen atoms in total. The number of nitrogens with one attached hydrogen (secondary N) is 1. The van der Waals surface area contributed by atoms with E-state index in [2.05, 4.69) is 15.0 Å². The van der Waals surface area contributed by atoms with Crippen molar-refractivity contribution in [1.82, 2.24) is 4.98 Å². The normalized spacial score (nSPS) is 9.71. The standard InChI is InChI=1S/C9H6N4O/c10-13-12-9-5-8(14)6-3-1-2-4-7(6)11-9/h1-5H,(H,11,14). The average Bonchev–Trinajstić information content (AvgIpc) is 2.18. The van der Waals surface area contributed by atoms with Crippen LogP contribution >= 0.6 is 0 Å². The fourth-order valence-corrected chi connectivity index (χ4v) is 1.29. The third-order valence-electron chi connectivity index (χ3n) is 1.88. The predicted molar refractivity (Wildman–Crippen MR) is 53.4 cm³/mol. The number of rotatable bonds is 1. The van der Waals surface area contributed by atoms with Gasteiger partial charge in [0.15, 0.2) is 5.43 Å². The Kier molecular flexibility index (Phi) is 1.93. The highest BCUT2D eigenvalue weighted by molar-refractivity contribution is 5.79. The molecule has 0 saturated carbocycles. The zero-order chi connectivity index (χ0) is 9.97. The maximum Gasteiger partial charge on any atom is 0.189 e. The molecule has 1 heterocycles. The molecule has 1 aromatic carbocycles. The van der Waals surface area contributed by atoms with Crippen molar-refractivity contribution in [2.75, 3.05) is 0 Å². The van der Waals surface area contributed by atoms with Crippen molar-refractivity contribution < 1.29 is 0 Å². The molecule has 14 heavy (non-hydrogen) atoms. The number of aromatic nitrogens is 1. The largest absolute Gasteiger partial charge is 0.353 e. The van der Waals surface area contributed by atoms with E-state index in [1.807, 2.05) is 0 Å². The van der Waals surface area contributed by atoms with E-state index in [9.17, 15) is 4.79 Å². The summed E-state index contributed by atoms with van der Waals surface area (Å²) in [5.74, 6) is 0.233. The van der Waals surface area contributed by atoms with Crippen LogP contribution in [0.25, 0.3) is 21.3 Å². The van der Waals surface area contributed by atoms with E-state index < -0.39 is 0 Å². The maximum absolute atomic E-state index is 11.5. The number of aromatic amines is 1. The summed E-state index contributed by atoms with van der Waals surface area (Å²) in [4.78, 5) is 16.9. The second-order valence-electron chi connectivity index (χ2n) is 2.75. The summed E-state index contributed by atoms with van der Waals surface area (Å²) in [5, 5.41) is 3.93. The molecule has 0 unspecified atom stereocenters. The molecule has 2 aromatic rings. The number of benzene rings is 1. The molecule has 0 saturated heterocycles. The molecular formula is C9H6N4O. The van der Waals surface area contributed by atoms with Gasteiger partial charge in [0, 0.05) is 21.9 Å². The number of pyridine rings is 1. The van der Waals surface area contributed by atoms with Crippen molar-refractivity contribution in [3.8, 4) is 0 Å². The quantitative estimate of drug-likeness (QED) is 0.414.